The Bertz CT molecular complexity index is 356. The highest BCUT2D eigenvalue weighted by Gasteiger charge is 2.04. The summed E-state index contributed by atoms with van der Waals surface area (Å²) in [5.41, 5.74) is 0.409. The van der Waals surface area contributed by atoms with Gasteiger partial charge in [0.15, 0.2) is 0 Å². The lowest BCUT2D eigenvalue weighted by Crippen LogP contribution is -2.15. The molecule has 68 valence electrons. The van der Waals surface area contributed by atoms with Gasteiger partial charge < -0.3 is 0 Å². The molecule has 1 rings (SSSR count). The van der Waals surface area contributed by atoms with Crippen molar-refractivity contribution >= 4 is 10.3 Å². The predicted molar refractivity (Wildman–Crippen MR) is 38.9 cm³/mol. The second kappa shape index (κ2) is 3.17. The molecule has 1 aromatic heterocycles. The van der Waals surface area contributed by atoms with Gasteiger partial charge in [-0.25, -0.2) is 5.14 Å². The minimum absolute atomic E-state index is 0.188. The van der Waals surface area contributed by atoms with Crippen LogP contribution in [0, 0.1) is 0 Å². The van der Waals surface area contributed by atoms with Crippen LogP contribution in [0.3, 0.4) is 0 Å². The number of nitrogens with two attached hydrogens (primary N) is 1. The maximum absolute atomic E-state index is 10.3. The largest absolute Gasteiger partial charge is 0.333 e. The number of hydrogen-bond donors (Lipinski definition) is 1. The van der Waals surface area contributed by atoms with Gasteiger partial charge in [0, 0.05) is 7.05 Å². The minimum Gasteiger partial charge on any atom is -0.255 e. The third-order valence-electron chi connectivity index (χ3n) is 1.02. The fourth-order valence-electron chi connectivity index (χ4n) is 0.604. The van der Waals surface area contributed by atoms with Crippen LogP contribution < -0.4 is 5.14 Å². The second-order valence-electron chi connectivity index (χ2n) is 2.14. The first-order chi connectivity index (χ1) is 5.47. The summed E-state index contributed by atoms with van der Waals surface area (Å²) < 4.78 is 26.3. The van der Waals surface area contributed by atoms with E-state index in [-0.39, 0.29) is 6.61 Å². The van der Waals surface area contributed by atoms with Gasteiger partial charge >= 0.3 is 10.3 Å². The molecule has 0 fully saturated rings. The van der Waals surface area contributed by atoms with Gasteiger partial charge in [0.25, 0.3) is 0 Å². The SMILES string of the molecule is Cn1cc(COS(N)(=O)=O)nn1. The van der Waals surface area contributed by atoms with Crippen LogP contribution in [0.15, 0.2) is 6.20 Å². The number of aryl methyl sites for hydroxylation is 1. The zero-order chi connectivity index (χ0) is 9.19. The van der Waals surface area contributed by atoms with E-state index in [2.05, 4.69) is 19.6 Å². The maximum atomic E-state index is 10.3. The van der Waals surface area contributed by atoms with E-state index < -0.39 is 10.3 Å². The van der Waals surface area contributed by atoms with Gasteiger partial charge in [0.1, 0.15) is 12.3 Å². The molecule has 0 spiro atoms. The van der Waals surface area contributed by atoms with Crippen LogP contribution in [-0.2, 0) is 28.1 Å². The average molecular weight is 192 g/mol. The summed E-state index contributed by atoms with van der Waals surface area (Å²) in [5, 5.41) is 11.7. The Morgan fingerprint density at radius 2 is 2.42 bits per heavy atom. The van der Waals surface area contributed by atoms with E-state index in [0.29, 0.717) is 5.69 Å². The normalized spacial score (nSPS) is 11.8. The highest BCUT2D eigenvalue weighted by molar-refractivity contribution is 7.84. The maximum Gasteiger partial charge on any atom is 0.333 e. The van der Waals surface area contributed by atoms with Gasteiger partial charge in [-0.05, 0) is 0 Å². The van der Waals surface area contributed by atoms with Crippen LogP contribution in [0.2, 0.25) is 0 Å². The first-order valence-corrected chi connectivity index (χ1v) is 4.47. The Morgan fingerprint density at radius 1 is 1.75 bits per heavy atom. The van der Waals surface area contributed by atoms with E-state index in [9.17, 15) is 8.42 Å². The number of rotatable bonds is 3. The zero-order valence-corrected chi connectivity index (χ0v) is 7.15. The number of nitrogens with zero attached hydrogens (tertiary/aromatic N) is 3. The average Bonchev–Trinajstić information content (AvgIpc) is 2.30. The topological polar surface area (TPSA) is 100 Å². The summed E-state index contributed by atoms with van der Waals surface area (Å²) >= 11 is 0. The summed E-state index contributed by atoms with van der Waals surface area (Å²) in [6, 6.07) is 0. The third kappa shape index (κ3) is 2.95. The van der Waals surface area contributed by atoms with Crippen LogP contribution >= 0.6 is 0 Å². The first kappa shape index (κ1) is 9.10. The van der Waals surface area contributed by atoms with Crippen molar-refractivity contribution in [3.05, 3.63) is 11.9 Å². The molecule has 0 aliphatic heterocycles. The van der Waals surface area contributed by atoms with Crippen LogP contribution in [-0.4, -0.2) is 23.4 Å². The minimum atomic E-state index is -3.89. The van der Waals surface area contributed by atoms with Crippen LogP contribution in [0.4, 0.5) is 0 Å². The monoisotopic (exact) mass is 192 g/mol. The van der Waals surface area contributed by atoms with Crippen molar-refractivity contribution in [2.45, 2.75) is 6.61 Å². The molecule has 0 saturated heterocycles. The van der Waals surface area contributed by atoms with Crippen molar-refractivity contribution in [3.63, 3.8) is 0 Å². The zero-order valence-electron chi connectivity index (χ0n) is 6.34. The van der Waals surface area contributed by atoms with Crippen molar-refractivity contribution in [2.75, 3.05) is 0 Å². The van der Waals surface area contributed by atoms with Crippen LogP contribution in [0.25, 0.3) is 0 Å². The Balaban J connectivity index is 2.55. The molecule has 1 aromatic rings. The lowest BCUT2D eigenvalue weighted by Gasteiger charge is -1.94. The van der Waals surface area contributed by atoms with Crippen LogP contribution in [0.5, 0.6) is 0 Å². The highest BCUT2D eigenvalue weighted by Crippen LogP contribution is 1.95. The Labute approximate surface area is 69.4 Å². The number of aromatic nitrogens is 3. The second-order valence-corrected chi connectivity index (χ2v) is 3.36. The van der Waals surface area contributed by atoms with E-state index in [4.69, 9.17) is 0 Å². The van der Waals surface area contributed by atoms with E-state index in [1.807, 2.05) is 0 Å². The van der Waals surface area contributed by atoms with Gasteiger partial charge in [-0.1, -0.05) is 5.21 Å². The van der Waals surface area contributed by atoms with Crippen LogP contribution in [0.1, 0.15) is 5.69 Å². The van der Waals surface area contributed by atoms with Crippen molar-refractivity contribution in [3.8, 4) is 0 Å². The molecule has 0 unspecified atom stereocenters. The van der Waals surface area contributed by atoms with Crippen molar-refractivity contribution in [1.29, 1.82) is 0 Å². The molecule has 0 amide bonds. The summed E-state index contributed by atoms with van der Waals surface area (Å²) in [5.74, 6) is 0. The first-order valence-electron chi connectivity index (χ1n) is 3.00. The van der Waals surface area contributed by atoms with Gasteiger partial charge in [-0.3, -0.25) is 8.86 Å². The molecule has 8 heteroatoms. The molecule has 2 N–H and O–H groups in total. The Hall–Kier alpha value is -0.990. The van der Waals surface area contributed by atoms with E-state index >= 15 is 0 Å². The molecule has 0 aliphatic carbocycles. The summed E-state index contributed by atoms with van der Waals surface area (Å²) in [6.07, 6.45) is 1.53. The molecular weight excluding hydrogens is 184 g/mol. The Kier molecular flexibility index (Phi) is 2.40. The molecule has 0 radical (unpaired) electrons. The van der Waals surface area contributed by atoms with E-state index in [1.165, 1.54) is 10.9 Å². The highest BCUT2D eigenvalue weighted by atomic mass is 32.2. The van der Waals surface area contributed by atoms with Gasteiger partial charge in [-0.2, -0.15) is 8.42 Å². The lowest BCUT2D eigenvalue weighted by atomic mass is 10.5. The predicted octanol–water partition coefficient (Wildman–Crippen LogP) is -1.46. The van der Waals surface area contributed by atoms with Crippen molar-refractivity contribution < 1.29 is 12.6 Å². The summed E-state index contributed by atoms with van der Waals surface area (Å²) in [6.45, 7) is -0.188. The van der Waals surface area contributed by atoms with E-state index in [1.54, 1.807) is 7.05 Å². The molecule has 0 saturated carbocycles. The third-order valence-corrected chi connectivity index (χ3v) is 1.47. The smallest absolute Gasteiger partial charge is 0.255 e. The van der Waals surface area contributed by atoms with Crippen molar-refractivity contribution in [2.24, 2.45) is 12.2 Å². The standard InChI is InChI=1S/C4H8N4O3S/c1-8-2-4(6-7-8)3-11-12(5,9)10/h2H,3H2,1H3,(H2,5,9,10). The molecular formula is C4H8N4O3S. The van der Waals surface area contributed by atoms with E-state index in [0.717, 1.165) is 0 Å². The molecule has 0 bridgehead atoms. The quantitative estimate of drug-likeness (QED) is 0.630. The fourth-order valence-corrected chi connectivity index (χ4v) is 0.889. The molecule has 12 heavy (non-hydrogen) atoms. The van der Waals surface area contributed by atoms with Gasteiger partial charge in [0.05, 0.1) is 6.20 Å². The summed E-state index contributed by atoms with van der Waals surface area (Å²) in [4.78, 5) is 0. The lowest BCUT2D eigenvalue weighted by molar-refractivity contribution is 0.304. The Morgan fingerprint density at radius 3 is 2.83 bits per heavy atom. The van der Waals surface area contributed by atoms with Gasteiger partial charge in [-0.15, -0.1) is 5.10 Å². The molecule has 1 heterocycles. The fraction of sp³-hybridized carbons (Fsp3) is 0.500. The summed E-state index contributed by atoms with van der Waals surface area (Å²) in [7, 11) is -2.23. The molecule has 0 aromatic carbocycles. The number of hydrogen-bond acceptors (Lipinski definition) is 5. The molecule has 0 atom stereocenters. The molecule has 0 aliphatic rings. The van der Waals surface area contributed by atoms with Gasteiger partial charge in [0.2, 0.25) is 0 Å². The van der Waals surface area contributed by atoms with Crippen molar-refractivity contribution in [1.82, 2.24) is 15.0 Å². The molecule has 7 nitrogen and oxygen atoms in total.